The van der Waals surface area contributed by atoms with Crippen LogP contribution in [0.5, 0.6) is 0 Å². The van der Waals surface area contributed by atoms with Crippen LogP contribution >= 0.6 is 0 Å². The van der Waals surface area contributed by atoms with Gasteiger partial charge in [0.1, 0.15) is 5.82 Å². The van der Waals surface area contributed by atoms with Crippen molar-refractivity contribution in [2.45, 2.75) is 6.42 Å². The normalized spacial score (nSPS) is 10.3. The van der Waals surface area contributed by atoms with Crippen LogP contribution in [0.15, 0.2) is 18.5 Å². The molecule has 0 aliphatic heterocycles. The van der Waals surface area contributed by atoms with Gasteiger partial charge < -0.3 is 10.7 Å². The largest absolute Gasteiger partial charge is 0.367 e. The maximum absolute atomic E-state index is 5.35. The summed E-state index contributed by atoms with van der Waals surface area (Å²) in [6.07, 6.45) is 4.52. The Morgan fingerprint density at radius 2 is 2.42 bits per heavy atom. The molecule has 0 fully saturated rings. The molecular formula is C7H9N5. The highest BCUT2D eigenvalue weighted by atomic mass is 15.3. The van der Waals surface area contributed by atoms with Crippen LogP contribution < -0.4 is 5.73 Å². The molecule has 4 N–H and O–H groups in total. The first kappa shape index (κ1) is 6.90. The van der Waals surface area contributed by atoms with Gasteiger partial charge >= 0.3 is 0 Å². The Kier molecular flexibility index (Phi) is 1.55. The van der Waals surface area contributed by atoms with Crippen LogP contribution in [-0.4, -0.2) is 20.2 Å². The number of nitrogens with two attached hydrogens (primary N) is 1. The zero-order chi connectivity index (χ0) is 8.39. The molecule has 2 rings (SSSR count). The first-order valence-electron chi connectivity index (χ1n) is 3.63. The Labute approximate surface area is 69.0 Å². The molecule has 0 atom stereocenters. The Morgan fingerprint density at radius 1 is 1.50 bits per heavy atom. The van der Waals surface area contributed by atoms with Crippen molar-refractivity contribution in [3.05, 3.63) is 29.8 Å². The van der Waals surface area contributed by atoms with E-state index in [9.17, 15) is 0 Å². The van der Waals surface area contributed by atoms with E-state index in [1.807, 2.05) is 18.5 Å². The highest BCUT2D eigenvalue weighted by molar-refractivity contribution is 5.18. The lowest BCUT2D eigenvalue weighted by atomic mass is 10.2. The molecule has 62 valence electrons. The molecule has 0 saturated carbocycles. The molecule has 0 spiro atoms. The molecular weight excluding hydrogens is 154 g/mol. The van der Waals surface area contributed by atoms with Crippen LogP contribution in [0.25, 0.3) is 0 Å². The Hall–Kier alpha value is -1.78. The van der Waals surface area contributed by atoms with Crippen LogP contribution in [0, 0.1) is 0 Å². The van der Waals surface area contributed by atoms with Crippen molar-refractivity contribution >= 4 is 5.95 Å². The van der Waals surface area contributed by atoms with E-state index >= 15 is 0 Å². The van der Waals surface area contributed by atoms with Crippen molar-refractivity contribution in [2.24, 2.45) is 0 Å². The summed E-state index contributed by atoms with van der Waals surface area (Å²) in [6, 6.07) is 1.98. The first-order chi connectivity index (χ1) is 5.84. The van der Waals surface area contributed by atoms with Crippen LogP contribution in [0.2, 0.25) is 0 Å². The fraction of sp³-hybridized carbons (Fsp3) is 0.143. The third kappa shape index (κ3) is 1.29. The molecule has 0 aromatic carbocycles. The van der Waals surface area contributed by atoms with Gasteiger partial charge in [-0.05, 0) is 11.6 Å². The van der Waals surface area contributed by atoms with E-state index < -0.39 is 0 Å². The molecule has 0 radical (unpaired) electrons. The van der Waals surface area contributed by atoms with Gasteiger partial charge in [0.25, 0.3) is 0 Å². The summed E-state index contributed by atoms with van der Waals surface area (Å²) < 4.78 is 0. The van der Waals surface area contributed by atoms with Crippen molar-refractivity contribution in [3.8, 4) is 0 Å². The summed E-state index contributed by atoms with van der Waals surface area (Å²) in [6.45, 7) is 0. The summed E-state index contributed by atoms with van der Waals surface area (Å²) in [5, 5.41) is 6.47. The third-order valence-corrected chi connectivity index (χ3v) is 1.58. The molecule has 5 nitrogen and oxygen atoms in total. The molecule has 0 saturated heterocycles. The number of nitrogens with zero attached hydrogens (tertiary/aromatic N) is 2. The standard InChI is InChI=1S/C7H9N5/c8-7-10-6(11-12-7)3-5-1-2-9-4-5/h1-2,4,9H,3H2,(H3,8,10,11,12). The zero-order valence-electron chi connectivity index (χ0n) is 6.41. The summed E-state index contributed by atoms with van der Waals surface area (Å²) in [5.41, 5.74) is 6.50. The molecule has 0 unspecified atom stereocenters. The molecule has 0 amide bonds. The van der Waals surface area contributed by atoms with Crippen molar-refractivity contribution in [3.63, 3.8) is 0 Å². The maximum Gasteiger partial charge on any atom is 0.239 e. The van der Waals surface area contributed by atoms with Crippen LogP contribution in [0.1, 0.15) is 11.4 Å². The van der Waals surface area contributed by atoms with Crippen molar-refractivity contribution in [1.29, 1.82) is 0 Å². The van der Waals surface area contributed by atoms with E-state index in [1.165, 1.54) is 0 Å². The highest BCUT2D eigenvalue weighted by Gasteiger charge is 2.00. The van der Waals surface area contributed by atoms with E-state index in [0.717, 1.165) is 17.8 Å². The van der Waals surface area contributed by atoms with Crippen LogP contribution in [-0.2, 0) is 6.42 Å². The second-order valence-electron chi connectivity index (χ2n) is 2.54. The highest BCUT2D eigenvalue weighted by Crippen LogP contribution is 2.03. The molecule has 2 aromatic rings. The van der Waals surface area contributed by atoms with Gasteiger partial charge in [0.15, 0.2) is 0 Å². The molecule has 0 aliphatic rings. The lowest BCUT2D eigenvalue weighted by Crippen LogP contribution is -1.89. The molecule has 5 heteroatoms. The van der Waals surface area contributed by atoms with Crippen LogP contribution in [0.4, 0.5) is 5.95 Å². The van der Waals surface area contributed by atoms with Gasteiger partial charge in [-0.1, -0.05) is 0 Å². The van der Waals surface area contributed by atoms with Gasteiger partial charge in [-0.25, -0.2) is 0 Å². The average Bonchev–Trinajstić information content (AvgIpc) is 2.63. The smallest absolute Gasteiger partial charge is 0.239 e. The quantitative estimate of drug-likeness (QED) is 0.595. The Bertz CT molecular complexity index is 348. The van der Waals surface area contributed by atoms with E-state index in [4.69, 9.17) is 5.73 Å². The second kappa shape index (κ2) is 2.69. The Morgan fingerprint density at radius 3 is 3.00 bits per heavy atom. The predicted octanol–water partition coefficient (Wildman–Crippen LogP) is 0.306. The maximum atomic E-state index is 5.35. The van der Waals surface area contributed by atoms with Gasteiger partial charge in [0.2, 0.25) is 5.95 Å². The predicted molar refractivity (Wildman–Crippen MR) is 44.4 cm³/mol. The number of anilines is 1. The van der Waals surface area contributed by atoms with Gasteiger partial charge in [-0.2, -0.15) is 4.98 Å². The summed E-state index contributed by atoms with van der Waals surface area (Å²) in [5.74, 6) is 1.08. The second-order valence-corrected chi connectivity index (χ2v) is 2.54. The molecule has 2 aromatic heterocycles. The van der Waals surface area contributed by atoms with E-state index in [2.05, 4.69) is 20.2 Å². The van der Waals surface area contributed by atoms with E-state index in [0.29, 0.717) is 5.95 Å². The minimum Gasteiger partial charge on any atom is -0.367 e. The first-order valence-corrected chi connectivity index (χ1v) is 3.63. The lowest BCUT2D eigenvalue weighted by molar-refractivity contribution is 0.974. The molecule has 2 heterocycles. The fourth-order valence-electron chi connectivity index (χ4n) is 1.05. The SMILES string of the molecule is Nc1n[nH]c(Cc2cc[nH]c2)n1. The van der Waals surface area contributed by atoms with Gasteiger partial charge in [0, 0.05) is 18.8 Å². The van der Waals surface area contributed by atoms with E-state index in [1.54, 1.807) is 0 Å². The third-order valence-electron chi connectivity index (χ3n) is 1.58. The van der Waals surface area contributed by atoms with Gasteiger partial charge in [-0.15, -0.1) is 5.10 Å². The number of nitrogen functional groups attached to an aromatic ring is 1. The number of aromatic amines is 2. The number of rotatable bonds is 2. The molecule has 12 heavy (non-hydrogen) atoms. The average molecular weight is 163 g/mol. The zero-order valence-corrected chi connectivity index (χ0v) is 6.41. The summed E-state index contributed by atoms with van der Waals surface area (Å²) in [4.78, 5) is 6.95. The monoisotopic (exact) mass is 163 g/mol. The number of nitrogens with one attached hydrogen (secondary N) is 2. The number of H-pyrrole nitrogens is 2. The minimum absolute atomic E-state index is 0.292. The van der Waals surface area contributed by atoms with Gasteiger partial charge in [0.05, 0.1) is 0 Å². The Balaban J connectivity index is 2.14. The van der Waals surface area contributed by atoms with Gasteiger partial charge in [-0.3, -0.25) is 5.10 Å². The van der Waals surface area contributed by atoms with Crippen molar-refractivity contribution in [2.75, 3.05) is 5.73 Å². The van der Waals surface area contributed by atoms with Crippen LogP contribution in [0.3, 0.4) is 0 Å². The topological polar surface area (TPSA) is 83.4 Å². The minimum atomic E-state index is 0.292. The van der Waals surface area contributed by atoms with E-state index in [-0.39, 0.29) is 0 Å². The summed E-state index contributed by atoms with van der Waals surface area (Å²) >= 11 is 0. The number of aromatic nitrogens is 4. The molecule has 0 bridgehead atoms. The van der Waals surface area contributed by atoms with Crippen molar-refractivity contribution < 1.29 is 0 Å². The lowest BCUT2D eigenvalue weighted by Gasteiger charge is -1.89. The summed E-state index contributed by atoms with van der Waals surface area (Å²) in [7, 11) is 0. The fourth-order valence-corrected chi connectivity index (χ4v) is 1.05. The molecule has 0 aliphatic carbocycles. The number of hydrogen-bond donors (Lipinski definition) is 3. The van der Waals surface area contributed by atoms with Crippen molar-refractivity contribution in [1.82, 2.24) is 20.2 Å². The number of hydrogen-bond acceptors (Lipinski definition) is 3.